The largest absolute Gasteiger partial charge is 0.375 e. The SMILES string of the molecule is CCC1CN(C(=O)c2ccc([N+](=O)[O-])c(F)c2)CCO1. The number of nitro benzene ring substituents is 1. The molecule has 0 N–H and O–H groups in total. The third-order valence-electron chi connectivity index (χ3n) is 3.27. The summed E-state index contributed by atoms with van der Waals surface area (Å²) in [5.41, 5.74) is -0.514. The van der Waals surface area contributed by atoms with Gasteiger partial charge in [0, 0.05) is 24.7 Å². The van der Waals surface area contributed by atoms with Crippen LogP contribution < -0.4 is 0 Å². The molecular formula is C13H15FN2O4. The molecule has 1 unspecified atom stereocenters. The third-order valence-corrected chi connectivity index (χ3v) is 3.27. The van der Waals surface area contributed by atoms with E-state index in [9.17, 15) is 19.3 Å². The van der Waals surface area contributed by atoms with Crippen LogP contribution in [0.3, 0.4) is 0 Å². The van der Waals surface area contributed by atoms with Crippen molar-refractivity contribution < 1.29 is 18.8 Å². The molecule has 1 aromatic carbocycles. The molecule has 108 valence electrons. The molecule has 1 saturated heterocycles. The normalized spacial score (nSPS) is 18.9. The molecule has 1 aromatic rings. The average molecular weight is 282 g/mol. The summed E-state index contributed by atoms with van der Waals surface area (Å²) >= 11 is 0. The van der Waals surface area contributed by atoms with Gasteiger partial charge in [-0.3, -0.25) is 14.9 Å². The number of ether oxygens (including phenoxy) is 1. The summed E-state index contributed by atoms with van der Waals surface area (Å²) in [7, 11) is 0. The molecule has 1 amide bonds. The minimum atomic E-state index is -0.999. The second-order valence-corrected chi connectivity index (χ2v) is 4.58. The van der Waals surface area contributed by atoms with E-state index in [0.29, 0.717) is 19.7 Å². The van der Waals surface area contributed by atoms with Gasteiger partial charge in [0.1, 0.15) is 0 Å². The first-order valence-electron chi connectivity index (χ1n) is 6.37. The van der Waals surface area contributed by atoms with Gasteiger partial charge in [0.05, 0.1) is 17.6 Å². The highest BCUT2D eigenvalue weighted by atomic mass is 19.1. The first-order chi connectivity index (χ1) is 9.52. The number of morpholine rings is 1. The Labute approximate surface area is 115 Å². The standard InChI is InChI=1S/C13H15FN2O4/c1-2-10-8-15(5-6-20-10)13(17)9-3-4-12(16(18)19)11(14)7-9/h3-4,7,10H,2,5-6,8H2,1H3. The van der Waals surface area contributed by atoms with Crippen molar-refractivity contribution in [1.82, 2.24) is 4.90 Å². The van der Waals surface area contributed by atoms with Gasteiger partial charge in [0.25, 0.3) is 5.91 Å². The van der Waals surface area contributed by atoms with Crippen molar-refractivity contribution in [3.63, 3.8) is 0 Å². The lowest BCUT2D eigenvalue weighted by molar-refractivity contribution is -0.387. The second-order valence-electron chi connectivity index (χ2n) is 4.58. The first-order valence-corrected chi connectivity index (χ1v) is 6.37. The van der Waals surface area contributed by atoms with Gasteiger partial charge in [-0.15, -0.1) is 0 Å². The van der Waals surface area contributed by atoms with E-state index in [1.165, 1.54) is 6.07 Å². The number of carbonyl (C=O) groups is 1. The smallest absolute Gasteiger partial charge is 0.304 e. The van der Waals surface area contributed by atoms with Gasteiger partial charge in [-0.05, 0) is 18.6 Å². The molecule has 0 aromatic heterocycles. The highest BCUT2D eigenvalue weighted by Gasteiger charge is 2.25. The van der Waals surface area contributed by atoms with E-state index in [2.05, 4.69) is 0 Å². The molecule has 6 nitrogen and oxygen atoms in total. The average Bonchev–Trinajstić information content (AvgIpc) is 2.46. The molecule has 1 aliphatic rings. The fourth-order valence-corrected chi connectivity index (χ4v) is 2.12. The van der Waals surface area contributed by atoms with Crippen molar-refractivity contribution >= 4 is 11.6 Å². The summed E-state index contributed by atoms with van der Waals surface area (Å²) in [5, 5.41) is 10.5. The Morgan fingerprint density at radius 1 is 1.60 bits per heavy atom. The van der Waals surface area contributed by atoms with E-state index in [1.807, 2.05) is 6.92 Å². The molecule has 0 bridgehead atoms. The van der Waals surface area contributed by atoms with Crippen molar-refractivity contribution in [2.45, 2.75) is 19.4 Å². The maximum atomic E-state index is 13.5. The van der Waals surface area contributed by atoms with E-state index in [-0.39, 0.29) is 17.6 Å². The fourth-order valence-electron chi connectivity index (χ4n) is 2.12. The summed E-state index contributed by atoms with van der Waals surface area (Å²) in [4.78, 5) is 23.5. The lowest BCUT2D eigenvalue weighted by atomic mass is 10.1. The third kappa shape index (κ3) is 2.93. The van der Waals surface area contributed by atoms with Gasteiger partial charge >= 0.3 is 5.69 Å². The fraction of sp³-hybridized carbons (Fsp3) is 0.462. The molecule has 1 atom stereocenters. The van der Waals surface area contributed by atoms with Crippen LogP contribution in [-0.2, 0) is 4.74 Å². The van der Waals surface area contributed by atoms with Crippen molar-refractivity contribution in [2.75, 3.05) is 19.7 Å². The predicted octanol–water partition coefficient (Wildman–Crippen LogP) is 1.98. The maximum absolute atomic E-state index is 13.5. The van der Waals surface area contributed by atoms with E-state index < -0.39 is 16.4 Å². The predicted molar refractivity (Wildman–Crippen MR) is 69.0 cm³/mol. The molecule has 0 saturated carbocycles. The molecule has 20 heavy (non-hydrogen) atoms. The van der Waals surface area contributed by atoms with Crippen molar-refractivity contribution in [3.8, 4) is 0 Å². The summed E-state index contributed by atoms with van der Waals surface area (Å²) in [5.74, 6) is -1.33. The summed E-state index contributed by atoms with van der Waals surface area (Å²) in [6, 6.07) is 3.21. The van der Waals surface area contributed by atoms with Crippen LogP contribution in [0, 0.1) is 15.9 Å². The quantitative estimate of drug-likeness (QED) is 0.627. The summed E-state index contributed by atoms with van der Waals surface area (Å²) in [6.45, 7) is 3.30. The monoisotopic (exact) mass is 282 g/mol. The Balaban J connectivity index is 2.17. The number of amides is 1. The number of halogens is 1. The van der Waals surface area contributed by atoms with Gasteiger partial charge in [-0.25, -0.2) is 0 Å². The van der Waals surface area contributed by atoms with Crippen molar-refractivity contribution in [1.29, 1.82) is 0 Å². The van der Waals surface area contributed by atoms with E-state index in [1.54, 1.807) is 4.90 Å². The molecule has 0 spiro atoms. The summed E-state index contributed by atoms with van der Waals surface area (Å²) < 4.78 is 19.0. The molecule has 1 aliphatic heterocycles. The molecule has 7 heteroatoms. The Bertz CT molecular complexity index is 535. The van der Waals surface area contributed by atoms with Gasteiger partial charge < -0.3 is 9.64 Å². The minimum Gasteiger partial charge on any atom is -0.375 e. The zero-order valence-corrected chi connectivity index (χ0v) is 11.0. The van der Waals surface area contributed by atoms with Crippen molar-refractivity contribution in [2.24, 2.45) is 0 Å². The molecule has 1 heterocycles. The number of carbonyl (C=O) groups excluding carboxylic acids is 1. The maximum Gasteiger partial charge on any atom is 0.304 e. The van der Waals surface area contributed by atoms with Crippen LogP contribution in [0.2, 0.25) is 0 Å². The van der Waals surface area contributed by atoms with Crippen molar-refractivity contribution in [3.05, 3.63) is 39.7 Å². The topological polar surface area (TPSA) is 72.7 Å². The summed E-state index contributed by atoms with van der Waals surface area (Å²) in [6.07, 6.45) is 0.772. The lowest BCUT2D eigenvalue weighted by Crippen LogP contribution is -2.45. The number of nitrogens with zero attached hydrogens (tertiary/aromatic N) is 2. The number of benzene rings is 1. The van der Waals surface area contributed by atoms with E-state index >= 15 is 0 Å². The molecule has 0 aliphatic carbocycles. The van der Waals surface area contributed by atoms with Crippen LogP contribution in [0.5, 0.6) is 0 Å². The van der Waals surface area contributed by atoms with Crippen LogP contribution in [0.4, 0.5) is 10.1 Å². The minimum absolute atomic E-state index is 0.0180. The van der Waals surface area contributed by atoms with E-state index in [4.69, 9.17) is 4.74 Å². The van der Waals surface area contributed by atoms with Gasteiger partial charge in [0.2, 0.25) is 5.82 Å². The zero-order chi connectivity index (χ0) is 14.7. The number of hydrogen-bond acceptors (Lipinski definition) is 4. The zero-order valence-electron chi connectivity index (χ0n) is 11.0. The lowest BCUT2D eigenvalue weighted by Gasteiger charge is -2.32. The van der Waals surface area contributed by atoms with E-state index in [0.717, 1.165) is 18.6 Å². The molecule has 0 radical (unpaired) electrons. The van der Waals surface area contributed by atoms with Gasteiger partial charge in [0.15, 0.2) is 0 Å². The molecule has 1 fully saturated rings. The van der Waals surface area contributed by atoms with Crippen LogP contribution in [0.25, 0.3) is 0 Å². The number of rotatable bonds is 3. The number of nitro groups is 1. The Kier molecular flexibility index (Phi) is 4.29. The van der Waals surface area contributed by atoms with Crippen LogP contribution in [0.1, 0.15) is 23.7 Å². The van der Waals surface area contributed by atoms with Crippen LogP contribution in [-0.4, -0.2) is 41.5 Å². The van der Waals surface area contributed by atoms with Crippen LogP contribution in [0.15, 0.2) is 18.2 Å². The second kappa shape index (κ2) is 5.96. The molecular weight excluding hydrogens is 267 g/mol. The van der Waals surface area contributed by atoms with Gasteiger partial charge in [-0.2, -0.15) is 4.39 Å². The first kappa shape index (κ1) is 14.4. The molecule has 2 rings (SSSR count). The Hall–Kier alpha value is -2.02. The van der Waals surface area contributed by atoms with Crippen LogP contribution >= 0.6 is 0 Å². The Morgan fingerprint density at radius 3 is 2.95 bits per heavy atom. The van der Waals surface area contributed by atoms with Gasteiger partial charge in [-0.1, -0.05) is 6.92 Å². The Morgan fingerprint density at radius 2 is 2.35 bits per heavy atom. The number of hydrogen-bond donors (Lipinski definition) is 0. The highest BCUT2D eigenvalue weighted by Crippen LogP contribution is 2.20. The highest BCUT2D eigenvalue weighted by molar-refractivity contribution is 5.94.